The largest absolute Gasteiger partial charge is 0.496 e. The van der Waals surface area contributed by atoms with E-state index in [1.165, 1.54) is 0 Å². The molecule has 0 aliphatic heterocycles. The van der Waals surface area contributed by atoms with Crippen LogP contribution >= 0.6 is 11.3 Å². The molecule has 0 saturated carbocycles. The number of ether oxygens (including phenoxy) is 1. The van der Waals surface area contributed by atoms with Crippen molar-refractivity contribution in [3.8, 4) is 17.1 Å². The van der Waals surface area contributed by atoms with Crippen LogP contribution in [-0.4, -0.2) is 28.6 Å². The third-order valence-electron chi connectivity index (χ3n) is 4.33. The molecule has 27 heavy (non-hydrogen) atoms. The van der Waals surface area contributed by atoms with Crippen LogP contribution < -0.4 is 15.8 Å². The van der Waals surface area contributed by atoms with Crippen LogP contribution in [-0.2, 0) is 6.54 Å². The first-order valence-electron chi connectivity index (χ1n) is 8.75. The minimum Gasteiger partial charge on any atom is -0.496 e. The zero-order valence-electron chi connectivity index (χ0n) is 15.9. The highest BCUT2D eigenvalue weighted by Crippen LogP contribution is 2.31. The summed E-state index contributed by atoms with van der Waals surface area (Å²) in [7, 11) is 1.65. The van der Waals surface area contributed by atoms with Gasteiger partial charge in [-0.3, -0.25) is 4.79 Å². The summed E-state index contributed by atoms with van der Waals surface area (Å²) in [6.07, 6.45) is 0. The van der Waals surface area contributed by atoms with Crippen LogP contribution in [0.3, 0.4) is 0 Å². The van der Waals surface area contributed by atoms with E-state index in [-0.39, 0.29) is 0 Å². The zero-order chi connectivity index (χ0) is 19.6. The van der Waals surface area contributed by atoms with Crippen LogP contribution in [0.5, 0.6) is 5.75 Å². The van der Waals surface area contributed by atoms with Crippen LogP contribution in [0.1, 0.15) is 35.5 Å². The minimum absolute atomic E-state index is 0.298. The van der Waals surface area contributed by atoms with Gasteiger partial charge in [0.1, 0.15) is 5.75 Å². The number of amides is 1. The number of methoxy groups -OCH3 is 1. The van der Waals surface area contributed by atoms with Crippen LogP contribution in [0.2, 0.25) is 0 Å². The van der Waals surface area contributed by atoms with Crippen LogP contribution in [0.25, 0.3) is 11.4 Å². The van der Waals surface area contributed by atoms with E-state index in [1.54, 1.807) is 18.4 Å². The third kappa shape index (κ3) is 3.98. The number of carbonyl (C=O) groups is 1. The summed E-state index contributed by atoms with van der Waals surface area (Å²) in [5, 5.41) is 6.15. The fourth-order valence-electron chi connectivity index (χ4n) is 3.02. The van der Waals surface area contributed by atoms with Crippen molar-refractivity contribution in [3.63, 3.8) is 0 Å². The van der Waals surface area contributed by atoms with E-state index in [0.717, 1.165) is 33.5 Å². The Bertz CT molecular complexity index is 959. The molecule has 3 aromatic rings. The van der Waals surface area contributed by atoms with Crippen molar-refractivity contribution < 1.29 is 9.53 Å². The number of nitrogens with one attached hydrogen (secondary N) is 1. The molecule has 7 heteroatoms. The third-order valence-corrected chi connectivity index (χ3v) is 5.11. The van der Waals surface area contributed by atoms with E-state index in [1.807, 2.05) is 42.6 Å². The second kappa shape index (κ2) is 7.84. The van der Waals surface area contributed by atoms with Crippen molar-refractivity contribution in [1.29, 1.82) is 0 Å². The van der Waals surface area contributed by atoms with Gasteiger partial charge in [-0.1, -0.05) is 18.2 Å². The lowest BCUT2D eigenvalue weighted by Gasteiger charge is -2.14. The number of carbonyl (C=O) groups excluding carboxylic acids is 1. The van der Waals surface area contributed by atoms with E-state index in [0.29, 0.717) is 18.2 Å². The molecule has 0 atom stereocenters. The lowest BCUT2D eigenvalue weighted by Crippen LogP contribution is -2.13. The van der Waals surface area contributed by atoms with Crippen LogP contribution in [0, 0.1) is 6.92 Å². The number of benzene rings is 1. The summed E-state index contributed by atoms with van der Waals surface area (Å²) >= 11 is 1.54. The number of aromatic nitrogens is 2. The number of rotatable bonds is 7. The zero-order valence-corrected chi connectivity index (χ0v) is 16.8. The molecule has 0 spiro atoms. The molecule has 3 rings (SSSR count). The van der Waals surface area contributed by atoms with Crippen LogP contribution in [0.15, 0.2) is 35.7 Å². The fraction of sp³-hybridized carbons (Fsp3) is 0.300. The first-order chi connectivity index (χ1) is 12.9. The molecule has 0 aliphatic carbocycles. The van der Waals surface area contributed by atoms with Gasteiger partial charge in [0.05, 0.1) is 30.6 Å². The Morgan fingerprint density at radius 3 is 2.78 bits per heavy atom. The normalized spacial score (nSPS) is 11.0. The van der Waals surface area contributed by atoms with Crippen LogP contribution in [0.4, 0.5) is 5.13 Å². The molecule has 6 nitrogen and oxygen atoms in total. The maximum atomic E-state index is 11.9. The van der Waals surface area contributed by atoms with Crippen molar-refractivity contribution in [3.05, 3.63) is 52.5 Å². The number of primary amides is 1. The minimum atomic E-state index is -0.441. The molecular weight excluding hydrogens is 360 g/mol. The van der Waals surface area contributed by atoms with Crippen molar-refractivity contribution >= 4 is 22.4 Å². The van der Waals surface area contributed by atoms with Gasteiger partial charge < -0.3 is 20.4 Å². The highest BCUT2D eigenvalue weighted by Gasteiger charge is 2.19. The summed E-state index contributed by atoms with van der Waals surface area (Å²) in [5.41, 5.74) is 9.60. The van der Waals surface area contributed by atoms with Crippen molar-refractivity contribution in [1.82, 2.24) is 9.55 Å². The molecule has 0 aliphatic rings. The summed E-state index contributed by atoms with van der Waals surface area (Å²) in [4.78, 5) is 16.6. The van der Waals surface area contributed by atoms with Gasteiger partial charge in [0, 0.05) is 22.7 Å². The number of nitrogens with zero attached hydrogens (tertiary/aromatic N) is 2. The van der Waals surface area contributed by atoms with Gasteiger partial charge in [0.15, 0.2) is 5.13 Å². The molecule has 0 radical (unpaired) electrons. The Labute approximate surface area is 163 Å². The van der Waals surface area contributed by atoms with Crippen molar-refractivity contribution in [2.75, 3.05) is 12.4 Å². The number of anilines is 1. The quantitative estimate of drug-likeness (QED) is 0.647. The van der Waals surface area contributed by atoms with Gasteiger partial charge >= 0.3 is 0 Å². The second-order valence-corrected chi connectivity index (χ2v) is 7.49. The number of hydrogen-bond donors (Lipinski definition) is 2. The van der Waals surface area contributed by atoms with Crippen molar-refractivity contribution in [2.24, 2.45) is 5.73 Å². The predicted octanol–water partition coefficient (Wildman–Crippen LogP) is 3.90. The Morgan fingerprint density at radius 2 is 2.11 bits per heavy atom. The maximum absolute atomic E-state index is 11.9. The molecule has 0 bridgehead atoms. The van der Waals surface area contributed by atoms with E-state index in [9.17, 15) is 4.79 Å². The van der Waals surface area contributed by atoms with E-state index in [2.05, 4.69) is 28.7 Å². The number of para-hydroxylation sites is 1. The average molecular weight is 385 g/mol. The van der Waals surface area contributed by atoms with E-state index >= 15 is 0 Å². The summed E-state index contributed by atoms with van der Waals surface area (Å²) in [6.45, 7) is 6.60. The fourth-order valence-corrected chi connectivity index (χ4v) is 3.87. The molecule has 2 heterocycles. The first-order valence-corrected chi connectivity index (χ1v) is 9.63. The smallest absolute Gasteiger partial charge is 0.250 e. The Morgan fingerprint density at radius 1 is 1.37 bits per heavy atom. The highest BCUT2D eigenvalue weighted by atomic mass is 32.1. The molecule has 3 N–H and O–H groups in total. The van der Waals surface area contributed by atoms with Gasteiger partial charge in [-0.2, -0.15) is 0 Å². The van der Waals surface area contributed by atoms with Crippen molar-refractivity contribution in [2.45, 2.75) is 33.4 Å². The van der Waals surface area contributed by atoms with Gasteiger partial charge in [0.25, 0.3) is 5.91 Å². The van der Waals surface area contributed by atoms with Gasteiger partial charge in [0.2, 0.25) is 0 Å². The Kier molecular flexibility index (Phi) is 5.51. The highest BCUT2D eigenvalue weighted by molar-refractivity contribution is 7.14. The summed E-state index contributed by atoms with van der Waals surface area (Å²) < 4.78 is 7.54. The lowest BCUT2D eigenvalue weighted by molar-refractivity contribution is 0.0999. The van der Waals surface area contributed by atoms with Gasteiger partial charge in [-0.05, 0) is 32.9 Å². The average Bonchev–Trinajstić information content (AvgIpc) is 3.20. The molecule has 0 saturated heterocycles. The molecular formula is C20H24N4O2S. The van der Waals surface area contributed by atoms with E-state index < -0.39 is 5.91 Å². The van der Waals surface area contributed by atoms with Gasteiger partial charge in [-0.15, -0.1) is 11.3 Å². The molecule has 142 valence electrons. The first kappa shape index (κ1) is 19.0. The molecule has 0 unspecified atom stereocenters. The number of thiazole rings is 1. The monoisotopic (exact) mass is 384 g/mol. The lowest BCUT2D eigenvalue weighted by atomic mass is 10.2. The molecule has 0 fully saturated rings. The topological polar surface area (TPSA) is 82.2 Å². The van der Waals surface area contributed by atoms with E-state index in [4.69, 9.17) is 10.5 Å². The number of nitrogens with two attached hydrogens (primary N) is 1. The summed E-state index contributed by atoms with van der Waals surface area (Å²) in [6, 6.07) is 9.97. The summed E-state index contributed by atoms with van der Waals surface area (Å²) in [5.74, 6) is 0.362. The second-order valence-electron chi connectivity index (χ2n) is 6.63. The number of hydrogen-bond acceptors (Lipinski definition) is 5. The van der Waals surface area contributed by atoms with Gasteiger partial charge in [-0.25, -0.2) is 4.98 Å². The Balaban J connectivity index is 2.07. The Hall–Kier alpha value is -2.80. The predicted molar refractivity (Wildman–Crippen MR) is 110 cm³/mol. The molecule has 1 amide bonds. The SMILES string of the molecule is COc1ccccc1Cn1c(-c2csc(NC(C)C)n2)cc(C(N)=O)c1C. The standard InChI is InChI=1S/C20H24N4O2S/c1-12(2)22-20-23-16(11-27-20)17-9-15(19(21)25)13(3)24(17)10-14-7-5-6-8-18(14)26-4/h5-9,11-12H,10H2,1-4H3,(H2,21,25)(H,22,23). The molecule has 1 aromatic carbocycles. The molecule has 2 aromatic heterocycles. The maximum Gasteiger partial charge on any atom is 0.250 e.